The normalized spacial score (nSPS) is 10.9. The van der Waals surface area contributed by atoms with E-state index in [0.29, 0.717) is 5.69 Å². The van der Waals surface area contributed by atoms with Crippen molar-refractivity contribution in [3.8, 4) is 5.69 Å². The maximum Gasteiger partial charge on any atom is 0.112 e. The minimum absolute atomic E-state index is 0.0554. The van der Waals surface area contributed by atoms with Gasteiger partial charge in [0.1, 0.15) is 5.69 Å². The van der Waals surface area contributed by atoms with E-state index in [2.05, 4.69) is 37.1 Å². The summed E-state index contributed by atoms with van der Waals surface area (Å²) >= 11 is 0. The third kappa shape index (κ3) is 2.16. The first-order valence-corrected chi connectivity index (χ1v) is 6.30. The van der Waals surface area contributed by atoms with Crippen LogP contribution in [0.4, 0.5) is 0 Å². The zero-order chi connectivity index (χ0) is 13.1. The Hall–Kier alpha value is -1.68. The molecule has 1 aromatic carbocycles. The minimum atomic E-state index is -0.0554. The predicted molar refractivity (Wildman–Crippen MR) is 70.8 cm³/mol. The number of benzene rings is 1. The number of aromatic nitrogens is 3. The molecule has 0 bridgehead atoms. The lowest BCUT2D eigenvalue weighted by Crippen LogP contribution is -2.06. The molecule has 96 valence electrons. The number of hydrogen-bond acceptors (Lipinski definition) is 3. The molecule has 2 rings (SSSR count). The van der Waals surface area contributed by atoms with Crippen molar-refractivity contribution < 1.29 is 5.11 Å². The monoisotopic (exact) mass is 245 g/mol. The SMILES string of the molecule is CCCc1c(CO)nnn1-c1cccc(C)c1C. The smallest absolute Gasteiger partial charge is 0.112 e. The minimum Gasteiger partial charge on any atom is -0.390 e. The standard InChI is InChI=1S/C14H19N3O/c1-4-6-14-12(9-18)15-16-17(14)13-8-5-7-10(2)11(13)3/h5,7-8,18H,4,6,9H2,1-3H3. The van der Waals surface area contributed by atoms with Gasteiger partial charge in [0.15, 0.2) is 0 Å². The number of aliphatic hydroxyl groups is 1. The maximum atomic E-state index is 9.31. The molecule has 4 nitrogen and oxygen atoms in total. The van der Waals surface area contributed by atoms with Crippen LogP contribution >= 0.6 is 0 Å². The fourth-order valence-corrected chi connectivity index (χ4v) is 2.10. The highest BCUT2D eigenvalue weighted by Crippen LogP contribution is 2.20. The number of aryl methyl sites for hydroxylation is 1. The van der Waals surface area contributed by atoms with Crippen LogP contribution < -0.4 is 0 Å². The van der Waals surface area contributed by atoms with E-state index in [9.17, 15) is 5.11 Å². The lowest BCUT2D eigenvalue weighted by atomic mass is 10.1. The average Bonchev–Trinajstić information content (AvgIpc) is 2.76. The zero-order valence-electron chi connectivity index (χ0n) is 11.1. The molecule has 0 radical (unpaired) electrons. The average molecular weight is 245 g/mol. The Morgan fingerprint density at radius 2 is 2.06 bits per heavy atom. The predicted octanol–water partition coefficient (Wildman–Crippen LogP) is 2.33. The zero-order valence-corrected chi connectivity index (χ0v) is 11.1. The largest absolute Gasteiger partial charge is 0.390 e. The number of aliphatic hydroxyl groups excluding tert-OH is 1. The van der Waals surface area contributed by atoms with Crippen molar-refractivity contribution in [3.63, 3.8) is 0 Å². The van der Waals surface area contributed by atoms with Gasteiger partial charge in [-0.05, 0) is 37.5 Å². The van der Waals surface area contributed by atoms with E-state index in [0.717, 1.165) is 24.2 Å². The summed E-state index contributed by atoms with van der Waals surface area (Å²) in [5.74, 6) is 0. The number of hydrogen-bond donors (Lipinski definition) is 1. The highest BCUT2D eigenvalue weighted by atomic mass is 16.3. The van der Waals surface area contributed by atoms with Crippen LogP contribution in [0.5, 0.6) is 0 Å². The van der Waals surface area contributed by atoms with Gasteiger partial charge in [-0.3, -0.25) is 0 Å². The fourth-order valence-electron chi connectivity index (χ4n) is 2.10. The van der Waals surface area contributed by atoms with Crippen LogP contribution in [0.25, 0.3) is 5.69 Å². The molecule has 0 atom stereocenters. The van der Waals surface area contributed by atoms with E-state index >= 15 is 0 Å². The second kappa shape index (κ2) is 5.31. The molecule has 1 aromatic heterocycles. The third-order valence-electron chi connectivity index (χ3n) is 3.28. The Kier molecular flexibility index (Phi) is 3.77. The first-order chi connectivity index (χ1) is 8.69. The van der Waals surface area contributed by atoms with Gasteiger partial charge in [-0.1, -0.05) is 30.7 Å². The summed E-state index contributed by atoms with van der Waals surface area (Å²) < 4.78 is 1.86. The molecular weight excluding hydrogens is 226 g/mol. The summed E-state index contributed by atoms with van der Waals surface area (Å²) in [6.45, 7) is 6.23. The van der Waals surface area contributed by atoms with Crippen molar-refractivity contribution in [1.82, 2.24) is 15.0 Å². The van der Waals surface area contributed by atoms with E-state index in [1.165, 1.54) is 11.1 Å². The quantitative estimate of drug-likeness (QED) is 0.899. The van der Waals surface area contributed by atoms with Crippen LogP contribution in [-0.4, -0.2) is 20.1 Å². The van der Waals surface area contributed by atoms with Crippen molar-refractivity contribution in [2.24, 2.45) is 0 Å². The molecule has 0 saturated carbocycles. The van der Waals surface area contributed by atoms with Crippen LogP contribution in [0.2, 0.25) is 0 Å². The molecule has 0 aliphatic rings. The van der Waals surface area contributed by atoms with Crippen molar-refractivity contribution in [2.45, 2.75) is 40.2 Å². The maximum absolute atomic E-state index is 9.31. The van der Waals surface area contributed by atoms with Gasteiger partial charge in [-0.2, -0.15) is 0 Å². The summed E-state index contributed by atoms with van der Waals surface area (Å²) in [5.41, 5.74) is 5.16. The summed E-state index contributed by atoms with van der Waals surface area (Å²) in [6.07, 6.45) is 1.88. The highest BCUT2D eigenvalue weighted by Gasteiger charge is 2.14. The number of rotatable bonds is 4. The molecule has 0 aliphatic heterocycles. The van der Waals surface area contributed by atoms with Gasteiger partial charge in [0, 0.05) is 0 Å². The van der Waals surface area contributed by atoms with Crippen molar-refractivity contribution in [3.05, 3.63) is 40.7 Å². The van der Waals surface area contributed by atoms with E-state index in [4.69, 9.17) is 0 Å². The Morgan fingerprint density at radius 3 is 2.72 bits per heavy atom. The molecule has 0 amide bonds. The highest BCUT2D eigenvalue weighted by molar-refractivity contribution is 5.45. The van der Waals surface area contributed by atoms with E-state index in [-0.39, 0.29) is 6.61 Å². The molecule has 4 heteroatoms. The van der Waals surface area contributed by atoms with E-state index < -0.39 is 0 Å². The van der Waals surface area contributed by atoms with Crippen LogP contribution in [-0.2, 0) is 13.0 Å². The summed E-state index contributed by atoms with van der Waals surface area (Å²) in [5, 5.41) is 17.6. The summed E-state index contributed by atoms with van der Waals surface area (Å²) in [7, 11) is 0. The third-order valence-corrected chi connectivity index (χ3v) is 3.28. The fraction of sp³-hybridized carbons (Fsp3) is 0.429. The van der Waals surface area contributed by atoms with Gasteiger partial charge in [-0.15, -0.1) is 5.10 Å². The molecule has 0 saturated heterocycles. The topological polar surface area (TPSA) is 50.9 Å². The molecule has 0 fully saturated rings. The second-order valence-corrected chi connectivity index (χ2v) is 4.52. The van der Waals surface area contributed by atoms with E-state index in [1.54, 1.807) is 0 Å². The lowest BCUT2D eigenvalue weighted by Gasteiger charge is -2.11. The van der Waals surface area contributed by atoms with Gasteiger partial charge in [0.2, 0.25) is 0 Å². The lowest BCUT2D eigenvalue weighted by molar-refractivity contribution is 0.275. The van der Waals surface area contributed by atoms with Crippen molar-refractivity contribution in [2.75, 3.05) is 0 Å². The van der Waals surface area contributed by atoms with Crippen LogP contribution in [0.3, 0.4) is 0 Å². The molecule has 0 unspecified atom stereocenters. The molecule has 1 heterocycles. The van der Waals surface area contributed by atoms with Gasteiger partial charge in [0.05, 0.1) is 18.0 Å². The molecule has 18 heavy (non-hydrogen) atoms. The molecule has 0 aliphatic carbocycles. The Labute approximate surface area is 107 Å². The Balaban J connectivity index is 2.56. The molecule has 2 aromatic rings. The molecule has 1 N–H and O–H groups in total. The molecule has 0 spiro atoms. The number of nitrogens with zero attached hydrogens (tertiary/aromatic N) is 3. The summed E-state index contributed by atoms with van der Waals surface area (Å²) in [4.78, 5) is 0. The Morgan fingerprint density at radius 1 is 1.28 bits per heavy atom. The van der Waals surface area contributed by atoms with Gasteiger partial charge in [0.25, 0.3) is 0 Å². The van der Waals surface area contributed by atoms with E-state index in [1.807, 2.05) is 16.8 Å². The van der Waals surface area contributed by atoms with Crippen LogP contribution in [0, 0.1) is 13.8 Å². The summed E-state index contributed by atoms with van der Waals surface area (Å²) in [6, 6.07) is 6.15. The van der Waals surface area contributed by atoms with Crippen molar-refractivity contribution in [1.29, 1.82) is 0 Å². The van der Waals surface area contributed by atoms with Gasteiger partial charge < -0.3 is 5.11 Å². The Bertz CT molecular complexity index is 546. The second-order valence-electron chi connectivity index (χ2n) is 4.52. The van der Waals surface area contributed by atoms with Crippen LogP contribution in [0.1, 0.15) is 35.9 Å². The first-order valence-electron chi connectivity index (χ1n) is 6.30. The van der Waals surface area contributed by atoms with Gasteiger partial charge in [-0.25, -0.2) is 4.68 Å². The van der Waals surface area contributed by atoms with Crippen molar-refractivity contribution >= 4 is 0 Å². The van der Waals surface area contributed by atoms with Crippen LogP contribution in [0.15, 0.2) is 18.2 Å². The molecular formula is C14H19N3O. The van der Waals surface area contributed by atoms with Gasteiger partial charge >= 0.3 is 0 Å². The first kappa shape index (κ1) is 12.8.